The lowest BCUT2D eigenvalue weighted by atomic mass is 9.93. The first-order chi connectivity index (χ1) is 21.9. The summed E-state index contributed by atoms with van der Waals surface area (Å²) in [5.74, 6) is -1.14. The molecule has 3 aromatic carbocycles. The number of anilines is 1. The zero-order valence-corrected chi connectivity index (χ0v) is 25.6. The summed E-state index contributed by atoms with van der Waals surface area (Å²) in [6, 6.07) is 22.4. The van der Waals surface area contributed by atoms with Crippen molar-refractivity contribution in [1.82, 2.24) is 4.57 Å². The minimum atomic E-state index is -0.942. The highest BCUT2D eigenvalue weighted by Gasteiger charge is 2.39. The average Bonchev–Trinajstić information content (AvgIpc) is 3.52. The summed E-state index contributed by atoms with van der Waals surface area (Å²) >= 11 is 1.06. The lowest BCUT2D eigenvalue weighted by Crippen LogP contribution is -2.41. The van der Waals surface area contributed by atoms with E-state index in [0.717, 1.165) is 11.3 Å². The molecule has 1 aromatic heterocycles. The van der Waals surface area contributed by atoms with Gasteiger partial charge in [0.05, 0.1) is 48.9 Å². The highest BCUT2D eigenvalue weighted by Crippen LogP contribution is 2.37. The van der Waals surface area contributed by atoms with Crippen molar-refractivity contribution in [1.29, 1.82) is 0 Å². The number of amides is 1. The van der Waals surface area contributed by atoms with E-state index in [-0.39, 0.29) is 35.4 Å². The first kappa shape index (κ1) is 29.8. The molecule has 0 spiro atoms. The lowest BCUT2D eigenvalue weighted by molar-refractivity contribution is -0.142. The van der Waals surface area contributed by atoms with Gasteiger partial charge in [-0.2, -0.15) is 0 Å². The fourth-order valence-electron chi connectivity index (χ4n) is 5.61. The van der Waals surface area contributed by atoms with Crippen LogP contribution in [0, 0.1) is 0 Å². The molecule has 0 fully saturated rings. The largest absolute Gasteiger partial charge is 0.497 e. The SMILES string of the molecule is CCOC(=O)CN1C(=O)/C(=c2/sc3n(c2=O)[C@@H](c2cccc(OC)c2)C(C(=O)OCC)=C(c2ccccc2)N=3)c2ccccc21. The number of carbonyl (C=O) groups is 3. The Hall–Kier alpha value is -5.29. The summed E-state index contributed by atoms with van der Waals surface area (Å²) < 4.78 is 17.7. The quantitative estimate of drug-likeness (QED) is 0.277. The van der Waals surface area contributed by atoms with E-state index in [0.29, 0.717) is 38.6 Å². The maximum atomic E-state index is 14.5. The molecule has 228 valence electrons. The number of hydrogen-bond acceptors (Lipinski definition) is 9. The number of fused-ring (bicyclic) bond motifs is 2. The number of para-hydroxylation sites is 1. The molecule has 0 unspecified atom stereocenters. The molecule has 0 aliphatic carbocycles. The number of nitrogens with zero attached hydrogens (tertiary/aromatic N) is 3. The van der Waals surface area contributed by atoms with Gasteiger partial charge in [-0.05, 0) is 37.6 Å². The number of rotatable bonds is 8. The topological polar surface area (TPSA) is 116 Å². The Morgan fingerprint density at radius 1 is 0.911 bits per heavy atom. The van der Waals surface area contributed by atoms with Crippen LogP contribution in [0.25, 0.3) is 11.3 Å². The van der Waals surface area contributed by atoms with Crippen molar-refractivity contribution < 1.29 is 28.6 Å². The zero-order chi connectivity index (χ0) is 31.7. The number of ether oxygens (including phenoxy) is 3. The number of esters is 2. The third-order valence-corrected chi connectivity index (χ3v) is 8.56. The predicted molar refractivity (Wildman–Crippen MR) is 168 cm³/mol. The molecule has 1 amide bonds. The summed E-state index contributed by atoms with van der Waals surface area (Å²) in [4.78, 5) is 61.1. The molecule has 0 saturated carbocycles. The second-order valence-electron chi connectivity index (χ2n) is 10.1. The molecule has 6 rings (SSSR count). The normalized spacial score (nSPS) is 16.6. The van der Waals surface area contributed by atoms with Gasteiger partial charge in [-0.25, -0.2) is 9.79 Å². The van der Waals surface area contributed by atoms with Crippen LogP contribution in [0.2, 0.25) is 0 Å². The van der Waals surface area contributed by atoms with Gasteiger partial charge in [0.25, 0.3) is 11.5 Å². The first-order valence-corrected chi connectivity index (χ1v) is 15.2. The molecule has 3 heterocycles. The smallest absolute Gasteiger partial charge is 0.338 e. The lowest BCUT2D eigenvalue weighted by Gasteiger charge is -2.26. The fraction of sp³-hybridized carbons (Fsp3) is 0.206. The molecule has 0 bridgehead atoms. The van der Waals surface area contributed by atoms with Gasteiger partial charge in [-0.3, -0.25) is 23.9 Å². The molecule has 10 nitrogen and oxygen atoms in total. The molecule has 0 radical (unpaired) electrons. The second-order valence-corrected chi connectivity index (χ2v) is 11.1. The minimum Gasteiger partial charge on any atom is -0.497 e. The molecule has 1 atom stereocenters. The van der Waals surface area contributed by atoms with Gasteiger partial charge in [0, 0.05) is 11.1 Å². The number of methoxy groups -OCH3 is 1. The van der Waals surface area contributed by atoms with Crippen LogP contribution in [0.15, 0.2) is 94.2 Å². The maximum absolute atomic E-state index is 14.5. The van der Waals surface area contributed by atoms with Crippen LogP contribution in [0.4, 0.5) is 5.69 Å². The Labute approximate surface area is 262 Å². The summed E-state index contributed by atoms with van der Waals surface area (Å²) in [7, 11) is 1.54. The van der Waals surface area contributed by atoms with Crippen molar-refractivity contribution in [3.63, 3.8) is 0 Å². The summed E-state index contributed by atoms with van der Waals surface area (Å²) in [6.07, 6.45) is 0. The van der Waals surface area contributed by atoms with E-state index in [9.17, 15) is 19.2 Å². The predicted octanol–water partition coefficient (Wildman–Crippen LogP) is 3.22. The third kappa shape index (κ3) is 5.25. The van der Waals surface area contributed by atoms with Gasteiger partial charge in [0.2, 0.25) is 0 Å². The number of hydrogen-bond donors (Lipinski definition) is 0. The van der Waals surface area contributed by atoms with E-state index in [1.807, 2.05) is 30.3 Å². The van der Waals surface area contributed by atoms with Gasteiger partial charge in [-0.1, -0.05) is 72.0 Å². The van der Waals surface area contributed by atoms with E-state index in [1.54, 1.807) is 62.4 Å². The number of aromatic nitrogens is 1. The molecule has 45 heavy (non-hydrogen) atoms. The number of thiazole rings is 1. The summed E-state index contributed by atoms with van der Waals surface area (Å²) in [5.41, 5.74) is 2.48. The standard InChI is InChI=1S/C34H29N3O7S/c1-4-43-25(38)19-36-24-17-10-9-16-23(24)26(31(36)39)30-32(40)37-29(21-14-11-15-22(18-21)42-3)27(33(41)44-5-2)28(35-34(37)45-30)20-12-7-6-8-13-20/h6-18,29H,4-5,19H2,1-3H3/b30-26+/t29-/m0/s1. The van der Waals surface area contributed by atoms with Gasteiger partial charge >= 0.3 is 11.9 Å². The van der Waals surface area contributed by atoms with Crippen LogP contribution in [-0.2, 0) is 23.9 Å². The third-order valence-electron chi connectivity index (χ3n) is 7.50. The van der Waals surface area contributed by atoms with Crippen LogP contribution in [0.5, 0.6) is 5.75 Å². The molecular formula is C34H29N3O7S. The molecular weight excluding hydrogens is 594 g/mol. The van der Waals surface area contributed by atoms with E-state index < -0.39 is 29.4 Å². The van der Waals surface area contributed by atoms with Gasteiger partial charge < -0.3 is 14.2 Å². The van der Waals surface area contributed by atoms with Gasteiger partial charge in [0.1, 0.15) is 16.8 Å². The fourth-order valence-corrected chi connectivity index (χ4v) is 6.70. The summed E-state index contributed by atoms with van der Waals surface area (Å²) in [5, 5.41) is 0. The Morgan fingerprint density at radius 2 is 1.64 bits per heavy atom. The molecule has 11 heteroatoms. The highest BCUT2D eigenvalue weighted by molar-refractivity contribution is 7.07. The molecule has 2 aliphatic rings. The zero-order valence-electron chi connectivity index (χ0n) is 24.8. The molecule has 2 aliphatic heterocycles. The molecule has 0 N–H and O–H groups in total. The van der Waals surface area contributed by atoms with Crippen LogP contribution in [0.3, 0.4) is 0 Å². The van der Waals surface area contributed by atoms with E-state index in [1.165, 1.54) is 16.6 Å². The number of benzene rings is 3. The number of carbonyl (C=O) groups excluding carboxylic acids is 3. The van der Waals surface area contributed by atoms with Crippen LogP contribution < -0.4 is 24.5 Å². The first-order valence-electron chi connectivity index (χ1n) is 14.4. The van der Waals surface area contributed by atoms with Crippen LogP contribution >= 0.6 is 11.3 Å². The Morgan fingerprint density at radius 3 is 2.38 bits per heavy atom. The van der Waals surface area contributed by atoms with Crippen LogP contribution in [-0.4, -0.2) is 49.3 Å². The minimum absolute atomic E-state index is 0.116. The Kier molecular flexibility index (Phi) is 8.18. The Bertz CT molecular complexity index is 2050. The maximum Gasteiger partial charge on any atom is 0.338 e. The summed E-state index contributed by atoms with van der Waals surface area (Å²) in [6.45, 7) is 3.39. The average molecular weight is 624 g/mol. The monoisotopic (exact) mass is 623 g/mol. The van der Waals surface area contributed by atoms with Crippen LogP contribution in [0.1, 0.15) is 36.6 Å². The van der Waals surface area contributed by atoms with Crippen molar-refractivity contribution in [3.05, 3.63) is 121 Å². The highest BCUT2D eigenvalue weighted by atomic mass is 32.1. The van der Waals surface area contributed by atoms with Crippen molar-refractivity contribution in [2.24, 2.45) is 4.99 Å². The van der Waals surface area contributed by atoms with Gasteiger partial charge in [0.15, 0.2) is 4.80 Å². The van der Waals surface area contributed by atoms with Crippen molar-refractivity contribution in [2.75, 3.05) is 31.8 Å². The second kappa shape index (κ2) is 12.4. The van der Waals surface area contributed by atoms with E-state index >= 15 is 0 Å². The van der Waals surface area contributed by atoms with E-state index in [2.05, 4.69) is 0 Å². The molecule has 4 aromatic rings. The van der Waals surface area contributed by atoms with Crippen molar-refractivity contribution in [2.45, 2.75) is 19.9 Å². The van der Waals surface area contributed by atoms with Crippen molar-refractivity contribution in [3.8, 4) is 5.75 Å². The van der Waals surface area contributed by atoms with E-state index in [4.69, 9.17) is 19.2 Å². The van der Waals surface area contributed by atoms with Crippen molar-refractivity contribution >= 4 is 46.1 Å². The van der Waals surface area contributed by atoms with Gasteiger partial charge in [-0.15, -0.1) is 0 Å². The Balaban J connectivity index is 1.66. The molecule has 0 saturated heterocycles.